The summed E-state index contributed by atoms with van der Waals surface area (Å²) < 4.78 is 10.2. The predicted molar refractivity (Wildman–Crippen MR) is 97.1 cm³/mol. The van der Waals surface area contributed by atoms with E-state index in [1.165, 1.54) is 24.8 Å². The number of rotatable bonds is 10. The largest absolute Gasteiger partial charge is 0.455 e. The Morgan fingerprint density at radius 2 is 2.00 bits per heavy atom. The third kappa shape index (κ3) is 5.41. The molecule has 25 heavy (non-hydrogen) atoms. The molecular weight excluding hydrogens is 318 g/mol. The minimum atomic E-state index is -0.568. The molecule has 2 aromatic rings. The van der Waals surface area contributed by atoms with Gasteiger partial charge in [0.2, 0.25) is 0 Å². The lowest BCUT2D eigenvalue weighted by Crippen LogP contribution is -2.11. The van der Waals surface area contributed by atoms with E-state index in [-0.39, 0.29) is 18.3 Å². The molecule has 1 amide bonds. The number of carbonyl (C=O) groups is 2. The van der Waals surface area contributed by atoms with Crippen molar-refractivity contribution in [1.82, 2.24) is 0 Å². The van der Waals surface area contributed by atoms with E-state index < -0.39 is 5.92 Å². The highest BCUT2D eigenvalue weighted by Gasteiger charge is 2.21. The minimum absolute atomic E-state index is 0.109. The number of benzene rings is 1. The molecule has 0 saturated heterocycles. The van der Waals surface area contributed by atoms with E-state index in [2.05, 4.69) is 19.0 Å². The number of nitrogens with one attached hydrogen (secondary N) is 1. The van der Waals surface area contributed by atoms with Crippen LogP contribution in [0, 0.1) is 0 Å². The fourth-order valence-corrected chi connectivity index (χ4v) is 2.52. The fourth-order valence-electron chi connectivity index (χ4n) is 2.52. The summed E-state index contributed by atoms with van der Waals surface area (Å²) in [5, 5.41) is 2.79. The Balaban J connectivity index is 1.96. The zero-order valence-electron chi connectivity index (χ0n) is 14.5. The first-order valence-corrected chi connectivity index (χ1v) is 8.50. The average molecular weight is 342 g/mol. The Hall–Kier alpha value is -2.69. The van der Waals surface area contributed by atoms with Crippen molar-refractivity contribution in [1.29, 1.82) is 0 Å². The molecule has 5 heteroatoms. The smallest absolute Gasteiger partial charge is 0.291 e. The van der Waals surface area contributed by atoms with Crippen molar-refractivity contribution in [2.75, 3.05) is 11.9 Å². The molecule has 0 aliphatic heterocycles. The van der Waals surface area contributed by atoms with Gasteiger partial charge in [-0.15, -0.1) is 0 Å². The molecule has 1 unspecified atom stereocenters. The van der Waals surface area contributed by atoms with Gasteiger partial charge in [0.1, 0.15) is 12.0 Å². The third-order valence-corrected chi connectivity index (χ3v) is 3.96. The summed E-state index contributed by atoms with van der Waals surface area (Å²) in [7, 11) is 0. The Morgan fingerprint density at radius 3 is 2.64 bits per heavy atom. The van der Waals surface area contributed by atoms with Crippen molar-refractivity contribution in [2.24, 2.45) is 0 Å². The van der Waals surface area contributed by atoms with Gasteiger partial charge in [0, 0.05) is 5.69 Å². The Morgan fingerprint density at radius 1 is 1.24 bits per heavy atom. The van der Waals surface area contributed by atoms with Crippen LogP contribution in [0.5, 0.6) is 0 Å². The summed E-state index contributed by atoms with van der Waals surface area (Å²) in [6.07, 6.45) is 5.35. The van der Waals surface area contributed by atoms with Crippen LogP contribution in [0.3, 0.4) is 0 Å². The van der Waals surface area contributed by atoms with Gasteiger partial charge in [-0.1, -0.05) is 31.9 Å². The van der Waals surface area contributed by atoms with Gasteiger partial charge in [-0.25, -0.2) is 0 Å². The van der Waals surface area contributed by atoms with Crippen LogP contribution in [0.15, 0.2) is 40.8 Å². The maximum absolute atomic E-state index is 12.3. The van der Waals surface area contributed by atoms with E-state index in [1.807, 2.05) is 24.3 Å². The number of aldehydes is 1. The van der Waals surface area contributed by atoms with Gasteiger partial charge in [0.25, 0.3) is 19.3 Å². The minimum Gasteiger partial charge on any atom is -0.455 e. The molecule has 1 aromatic carbocycles. The van der Waals surface area contributed by atoms with E-state index in [0.717, 1.165) is 6.42 Å². The van der Waals surface area contributed by atoms with E-state index in [0.29, 0.717) is 17.7 Å². The Bertz CT molecular complexity index is 703. The van der Waals surface area contributed by atoms with E-state index in [1.54, 1.807) is 12.1 Å². The third-order valence-electron chi connectivity index (χ3n) is 3.96. The second kappa shape index (κ2) is 9.57. The molecule has 0 aliphatic rings. The van der Waals surface area contributed by atoms with Crippen LogP contribution in [-0.2, 0) is 15.6 Å². The van der Waals surface area contributed by atoms with Crippen molar-refractivity contribution < 1.29 is 18.4 Å². The summed E-state index contributed by atoms with van der Waals surface area (Å²) >= 11 is 0. The zero-order valence-corrected chi connectivity index (χ0v) is 14.5. The number of anilines is 1. The van der Waals surface area contributed by atoms with Crippen LogP contribution >= 0.6 is 0 Å². The first-order valence-electron chi connectivity index (χ1n) is 8.50. The van der Waals surface area contributed by atoms with Crippen molar-refractivity contribution in [2.45, 2.75) is 38.5 Å². The normalized spacial score (nSPS) is 11.7. The molecule has 5 nitrogen and oxygen atoms in total. The Kier molecular flexibility index (Phi) is 7.14. The summed E-state index contributed by atoms with van der Waals surface area (Å²) in [6, 6.07) is 11.0. The van der Waals surface area contributed by atoms with Crippen LogP contribution in [0.2, 0.25) is 0 Å². The van der Waals surface area contributed by atoms with Crippen molar-refractivity contribution in [3.05, 3.63) is 53.5 Å². The van der Waals surface area contributed by atoms with E-state index in [9.17, 15) is 9.59 Å². The van der Waals surface area contributed by atoms with Gasteiger partial charge in [0.05, 0.1) is 0 Å². The van der Waals surface area contributed by atoms with Gasteiger partial charge >= 0.3 is 0 Å². The highest BCUT2D eigenvalue weighted by atomic mass is 16.4. The second-order valence-electron chi connectivity index (χ2n) is 5.92. The maximum Gasteiger partial charge on any atom is 0.291 e. The molecule has 2 rings (SSSR count). The van der Waals surface area contributed by atoms with Gasteiger partial charge < -0.3 is 14.5 Å². The second-order valence-corrected chi connectivity index (χ2v) is 5.92. The first kappa shape index (κ1) is 18.6. The predicted octanol–water partition coefficient (Wildman–Crippen LogP) is 3.91. The van der Waals surface area contributed by atoms with E-state index >= 15 is 0 Å². The zero-order chi connectivity index (χ0) is 18.1. The molecule has 1 heterocycles. The topological polar surface area (TPSA) is 70.6 Å². The average Bonchev–Trinajstić information content (AvgIpc) is 3.11. The van der Waals surface area contributed by atoms with Crippen LogP contribution in [0.4, 0.5) is 5.69 Å². The number of unbranched alkanes of at least 4 members (excludes halogenated alkanes) is 2. The number of amides is 1. The number of hydrogen-bond acceptors (Lipinski definition) is 3. The molecule has 0 spiro atoms. The molecule has 0 radical (unpaired) electrons. The molecule has 1 aromatic heterocycles. The summed E-state index contributed by atoms with van der Waals surface area (Å²) in [5.74, 6) is -0.389. The monoisotopic (exact) mass is 342 g/mol. The van der Waals surface area contributed by atoms with Gasteiger partial charge in [-0.2, -0.15) is 0 Å². The van der Waals surface area contributed by atoms with E-state index in [4.69, 9.17) is 8.84 Å². The van der Waals surface area contributed by atoms with Crippen LogP contribution < -0.4 is 5.32 Å². The number of furan rings is 1. The molecule has 0 aliphatic carbocycles. The highest BCUT2D eigenvalue weighted by Crippen LogP contribution is 2.19. The van der Waals surface area contributed by atoms with Crippen LogP contribution in [-0.4, -0.2) is 25.6 Å². The van der Waals surface area contributed by atoms with Crippen molar-refractivity contribution in [3.63, 3.8) is 0 Å². The molecular formula is C20H24NO4+. The fraction of sp³-hybridized carbons (Fsp3) is 0.350. The first-order chi connectivity index (χ1) is 12.2. The lowest BCUT2D eigenvalue weighted by Gasteiger charge is -2.05. The summed E-state index contributed by atoms with van der Waals surface area (Å²) in [4.78, 5) is 23.3. The molecule has 1 N–H and O–H groups in total. The van der Waals surface area contributed by atoms with Gasteiger partial charge in [0.15, 0.2) is 11.7 Å². The number of hydrogen-bond donors (Lipinski definition) is 1. The van der Waals surface area contributed by atoms with Crippen molar-refractivity contribution >= 4 is 24.7 Å². The Labute approximate surface area is 147 Å². The molecule has 0 bridgehead atoms. The molecule has 132 valence electrons. The number of aryl methyl sites for hydroxylation is 1. The molecule has 0 saturated carbocycles. The van der Waals surface area contributed by atoms with Gasteiger partial charge in [-0.05, 0) is 42.7 Å². The molecule has 0 fully saturated rings. The van der Waals surface area contributed by atoms with Crippen molar-refractivity contribution in [3.8, 4) is 0 Å². The van der Waals surface area contributed by atoms with Gasteiger partial charge in [-0.3, -0.25) is 9.22 Å². The highest BCUT2D eigenvalue weighted by molar-refractivity contribution is 6.02. The molecule has 1 atom stereocenters. The lowest BCUT2D eigenvalue weighted by atomic mass is 10.1. The standard InChI is InChI=1S/C20H23NO4/c1-3-4-5-6-15-7-9-17(10-8-15)21-20(23)19-12-11-18(25-19)16(13-22)14-24-2/h7-13,16H,2-6,14H2,1H3/p+1. The van der Waals surface area contributed by atoms with Crippen LogP contribution in [0.1, 0.15) is 54.0 Å². The summed E-state index contributed by atoms with van der Waals surface area (Å²) in [5.41, 5.74) is 1.96. The lowest BCUT2D eigenvalue weighted by molar-refractivity contribution is -0.448. The quantitative estimate of drug-likeness (QED) is 0.404. The summed E-state index contributed by atoms with van der Waals surface area (Å²) in [6.45, 7) is 5.54. The number of carbonyl (C=O) groups excluding carboxylic acids is 3. The van der Waals surface area contributed by atoms with Crippen LogP contribution in [0.25, 0.3) is 0 Å². The maximum atomic E-state index is 12.3. The SMILES string of the molecule is C=[O+]CC(C=O)c1ccc(C(=O)Nc2ccc(CCCCC)cc2)o1.